The molecule has 0 spiro atoms. The van der Waals surface area contributed by atoms with Crippen LogP contribution in [0.3, 0.4) is 0 Å². The van der Waals surface area contributed by atoms with Gasteiger partial charge in [-0.15, -0.1) is 0 Å². The number of carbonyl (C=O) groups is 1. The molecule has 0 atom stereocenters. The molecule has 102 valence electrons. The van der Waals surface area contributed by atoms with Crippen LogP contribution in [0.1, 0.15) is 17.3 Å². The molecule has 2 aromatic heterocycles. The molecule has 1 aromatic carbocycles. The van der Waals surface area contributed by atoms with Crippen molar-refractivity contribution in [2.75, 3.05) is 6.61 Å². The Kier molecular flexibility index (Phi) is 3.25. The third-order valence-electron chi connectivity index (χ3n) is 3.10. The second kappa shape index (κ2) is 4.93. The van der Waals surface area contributed by atoms with Crippen LogP contribution < -0.4 is 5.56 Å². The Bertz CT molecular complexity index is 879. The maximum Gasteiger partial charge on any atom is 0.340 e. The summed E-state index contributed by atoms with van der Waals surface area (Å²) >= 11 is 2.19. The quantitative estimate of drug-likeness (QED) is 0.529. The highest BCUT2D eigenvalue weighted by Crippen LogP contribution is 2.26. The molecule has 0 aliphatic rings. The summed E-state index contributed by atoms with van der Waals surface area (Å²) in [5.41, 5.74) is 1.24. The molecule has 2 heterocycles. The van der Waals surface area contributed by atoms with Crippen LogP contribution in [0.2, 0.25) is 0 Å². The Morgan fingerprint density at radius 2 is 2.20 bits per heavy atom. The predicted octanol–water partition coefficient (Wildman–Crippen LogP) is 2.79. The number of aromatic amines is 2. The molecule has 0 aliphatic heterocycles. The fraction of sp³-hybridized carbons (Fsp3) is 0.143. The van der Waals surface area contributed by atoms with E-state index in [1.807, 2.05) is 18.2 Å². The van der Waals surface area contributed by atoms with Crippen LogP contribution in [0, 0.1) is 3.57 Å². The van der Waals surface area contributed by atoms with Crippen molar-refractivity contribution in [2.45, 2.75) is 6.92 Å². The molecule has 0 radical (unpaired) electrons. The van der Waals surface area contributed by atoms with Gasteiger partial charge < -0.3 is 14.7 Å². The van der Waals surface area contributed by atoms with E-state index >= 15 is 0 Å². The second-order valence-corrected chi connectivity index (χ2v) is 5.56. The maximum absolute atomic E-state index is 12.0. The van der Waals surface area contributed by atoms with Gasteiger partial charge in [0.1, 0.15) is 5.52 Å². The number of rotatable bonds is 2. The van der Waals surface area contributed by atoms with Gasteiger partial charge >= 0.3 is 5.97 Å². The number of pyridine rings is 1. The van der Waals surface area contributed by atoms with E-state index in [0.29, 0.717) is 28.6 Å². The lowest BCUT2D eigenvalue weighted by Crippen LogP contribution is -2.08. The number of hydrogen-bond acceptors (Lipinski definition) is 3. The van der Waals surface area contributed by atoms with E-state index in [0.717, 1.165) is 8.96 Å². The van der Waals surface area contributed by atoms with Crippen LogP contribution in [0.4, 0.5) is 0 Å². The summed E-state index contributed by atoms with van der Waals surface area (Å²) < 4.78 is 6.07. The van der Waals surface area contributed by atoms with Gasteiger partial charge in [0, 0.05) is 26.1 Å². The zero-order chi connectivity index (χ0) is 14.3. The first-order valence-electron chi connectivity index (χ1n) is 6.11. The third kappa shape index (κ3) is 2.00. The molecule has 0 amide bonds. The van der Waals surface area contributed by atoms with Crippen LogP contribution in [-0.2, 0) is 4.74 Å². The van der Waals surface area contributed by atoms with E-state index in [-0.39, 0.29) is 5.56 Å². The molecular weight excluding hydrogens is 371 g/mol. The summed E-state index contributed by atoms with van der Waals surface area (Å²) in [6, 6.07) is 5.67. The van der Waals surface area contributed by atoms with Crippen molar-refractivity contribution in [2.24, 2.45) is 0 Å². The average molecular weight is 382 g/mol. The Hall–Kier alpha value is -1.83. The molecule has 0 saturated carbocycles. The number of ether oxygens (including phenoxy) is 1. The SMILES string of the molecule is CCOC(=O)c1c[nH]c2c(=O)[nH]c3ccc(I)cc3c12. The Morgan fingerprint density at radius 3 is 2.95 bits per heavy atom. The molecule has 3 aromatic rings. The number of carbonyl (C=O) groups excluding carboxylic acids is 1. The summed E-state index contributed by atoms with van der Waals surface area (Å²) in [5.74, 6) is -0.426. The first-order chi connectivity index (χ1) is 9.61. The molecule has 5 nitrogen and oxygen atoms in total. The number of fused-ring (bicyclic) bond motifs is 3. The molecule has 0 saturated heterocycles. The lowest BCUT2D eigenvalue weighted by Gasteiger charge is -2.04. The van der Waals surface area contributed by atoms with Crippen molar-refractivity contribution in [1.29, 1.82) is 0 Å². The van der Waals surface area contributed by atoms with Gasteiger partial charge in [-0.25, -0.2) is 4.79 Å². The first-order valence-corrected chi connectivity index (χ1v) is 7.19. The number of aromatic nitrogens is 2. The monoisotopic (exact) mass is 382 g/mol. The zero-order valence-electron chi connectivity index (χ0n) is 10.6. The number of halogens is 1. The minimum atomic E-state index is -0.426. The van der Waals surface area contributed by atoms with E-state index in [1.165, 1.54) is 6.20 Å². The molecule has 6 heteroatoms. The fourth-order valence-electron chi connectivity index (χ4n) is 2.27. The minimum Gasteiger partial charge on any atom is -0.462 e. The van der Waals surface area contributed by atoms with Gasteiger partial charge in [0.15, 0.2) is 0 Å². The second-order valence-electron chi connectivity index (χ2n) is 4.32. The number of nitrogens with one attached hydrogen (secondary N) is 2. The van der Waals surface area contributed by atoms with Gasteiger partial charge in [-0.3, -0.25) is 4.79 Å². The molecule has 20 heavy (non-hydrogen) atoms. The van der Waals surface area contributed by atoms with Crippen molar-refractivity contribution < 1.29 is 9.53 Å². The van der Waals surface area contributed by atoms with Gasteiger partial charge in [0.25, 0.3) is 5.56 Å². The smallest absolute Gasteiger partial charge is 0.340 e. The largest absolute Gasteiger partial charge is 0.462 e. The summed E-state index contributed by atoms with van der Waals surface area (Å²) in [5, 5.41) is 1.44. The molecule has 0 fully saturated rings. The third-order valence-corrected chi connectivity index (χ3v) is 3.77. The fourth-order valence-corrected chi connectivity index (χ4v) is 2.76. The standard InChI is InChI=1S/C14H11IN2O3/c1-2-20-14(19)9-6-16-12-11(9)8-5-7(15)3-4-10(8)17-13(12)18/h3-6,16H,2H2,1H3,(H,17,18). The van der Waals surface area contributed by atoms with Gasteiger partial charge in [0.2, 0.25) is 0 Å². The highest BCUT2D eigenvalue weighted by molar-refractivity contribution is 14.1. The minimum absolute atomic E-state index is 0.246. The Labute approximate surface area is 127 Å². The lowest BCUT2D eigenvalue weighted by atomic mass is 10.1. The van der Waals surface area contributed by atoms with Crippen molar-refractivity contribution in [3.63, 3.8) is 0 Å². The number of benzene rings is 1. The van der Waals surface area contributed by atoms with E-state index in [1.54, 1.807) is 6.92 Å². The number of H-pyrrole nitrogens is 2. The van der Waals surface area contributed by atoms with Crippen molar-refractivity contribution in [1.82, 2.24) is 9.97 Å². The molecule has 0 bridgehead atoms. The van der Waals surface area contributed by atoms with Crippen LogP contribution in [-0.4, -0.2) is 22.5 Å². The molecule has 3 rings (SSSR count). The van der Waals surface area contributed by atoms with Crippen molar-refractivity contribution in [3.8, 4) is 0 Å². The van der Waals surface area contributed by atoms with Crippen LogP contribution in [0.15, 0.2) is 29.2 Å². The van der Waals surface area contributed by atoms with Crippen LogP contribution in [0.25, 0.3) is 21.8 Å². The lowest BCUT2D eigenvalue weighted by molar-refractivity contribution is 0.0529. The van der Waals surface area contributed by atoms with E-state index < -0.39 is 5.97 Å². The zero-order valence-corrected chi connectivity index (χ0v) is 12.8. The van der Waals surface area contributed by atoms with Gasteiger partial charge in [-0.05, 0) is 47.7 Å². The summed E-state index contributed by atoms with van der Waals surface area (Å²) in [7, 11) is 0. The molecular formula is C14H11IN2O3. The summed E-state index contributed by atoms with van der Waals surface area (Å²) in [4.78, 5) is 29.7. The molecule has 0 aliphatic carbocycles. The van der Waals surface area contributed by atoms with E-state index in [2.05, 4.69) is 32.6 Å². The highest BCUT2D eigenvalue weighted by Gasteiger charge is 2.17. The van der Waals surface area contributed by atoms with Crippen LogP contribution in [0.5, 0.6) is 0 Å². The topological polar surface area (TPSA) is 75.0 Å². The number of hydrogen-bond donors (Lipinski definition) is 2. The molecule has 0 unspecified atom stereocenters. The van der Waals surface area contributed by atoms with Crippen molar-refractivity contribution >= 4 is 50.4 Å². The first kappa shape index (κ1) is 13.2. The van der Waals surface area contributed by atoms with Gasteiger partial charge in [-0.1, -0.05) is 0 Å². The highest BCUT2D eigenvalue weighted by atomic mass is 127. The maximum atomic E-state index is 12.0. The number of esters is 1. The van der Waals surface area contributed by atoms with Crippen molar-refractivity contribution in [3.05, 3.63) is 43.9 Å². The van der Waals surface area contributed by atoms with E-state index in [4.69, 9.17) is 4.74 Å². The van der Waals surface area contributed by atoms with Gasteiger partial charge in [-0.2, -0.15) is 0 Å². The van der Waals surface area contributed by atoms with Crippen LogP contribution >= 0.6 is 22.6 Å². The Balaban J connectivity index is 2.44. The summed E-state index contributed by atoms with van der Waals surface area (Å²) in [6.07, 6.45) is 1.53. The van der Waals surface area contributed by atoms with Gasteiger partial charge in [0.05, 0.1) is 12.2 Å². The molecule has 2 N–H and O–H groups in total. The normalized spacial score (nSPS) is 11.1. The predicted molar refractivity (Wildman–Crippen MR) is 85.1 cm³/mol. The Morgan fingerprint density at radius 1 is 1.40 bits per heavy atom. The van der Waals surface area contributed by atoms with E-state index in [9.17, 15) is 9.59 Å². The summed E-state index contributed by atoms with van der Waals surface area (Å²) in [6.45, 7) is 2.05. The average Bonchev–Trinajstić information content (AvgIpc) is 2.86.